The summed E-state index contributed by atoms with van der Waals surface area (Å²) in [5, 5.41) is 13.1. The number of benzene rings is 1. The molecule has 25 heavy (non-hydrogen) atoms. The molecule has 0 amide bonds. The highest BCUT2D eigenvalue weighted by atomic mass is 16.5. The van der Waals surface area contributed by atoms with Crippen molar-refractivity contribution in [2.45, 2.75) is 51.9 Å². The number of nitrogens with zero attached hydrogens (tertiary/aromatic N) is 1. The Bertz CT molecular complexity index is 568. The Morgan fingerprint density at radius 3 is 2.80 bits per heavy atom. The number of rotatable bonds is 7. The zero-order valence-corrected chi connectivity index (χ0v) is 15.8. The lowest BCUT2D eigenvalue weighted by atomic mass is 9.96. The van der Waals surface area contributed by atoms with Crippen LogP contribution >= 0.6 is 0 Å². The van der Waals surface area contributed by atoms with Gasteiger partial charge in [-0.3, -0.25) is 0 Å². The number of aliphatic hydroxyl groups is 1. The quantitative estimate of drug-likeness (QED) is 0.791. The van der Waals surface area contributed by atoms with Gasteiger partial charge in [0.2, 0.25) is 0 Å². The van der Waals surface area contributed by atoms with Crippen LogP contribution in [0.3, 0.4) is 0 Å². The molecule has 1 aromatic rings. The summed E-state index contributed by atoms with van der Waals surface area (Å²) in [6, 6.07) is 4.19. The van der Waals surface area contributed by atoms with Crippen molar-refractivity contribution in [3.8, 4) is 11.5 Å². The van der Waals surface area contributed by atoms with Gasteiger partial charge in [0.1, 0.15) is 17.6 Å². The third-order valence-electron chi connectivity index (χ3n) is 5.26. The number of hydrogen-bond acceptors (Lipinski definition) is 5. The molecule has 2 aliphatic heterocycles. The molecule has 0 spiro atoms. The molecule has 3 rings (SSSR count). The summed E-state index contributed by atoms with van der Waals surface area (Å²) in [6.45, 7) is 8.81. The standard InChI is InChI=1S/C20H32N2O3/c1-14(23)13-22-6-4-16(5-7-22)11-21-12-18-10-19(24-3)9-17-8-15(2)25-20(17)18/h9-10,14-16,21,23H,4-8,11-13H2,1-3H3. The number of hydrogen-bond donors (Lipinski definition) is 2. The fourth-order valence-corrected chi connectivity index (χ4v) is 3.98. The first kappa shape index (κ1) is 18.5. The molecular weight excluding hydrogens is 316 g/mol. The van der Waals surface area contributed by atoms with Crippen LogP contribution < -0.4 is 14.8 Å². The Labute approximate surface area is 151 Å². The van der Waals surface area contributed by atoms with Gasteiger partial charge in [0.15, 0.2) is 0 Å². The predicted molar refractivity (Wildman–Crippen MR) is 99.3 cm³/mol. The van der Waals surface area contributed by atoms with E-state index in [-0.39, 0.29) is 12.2 Å². The lowest BCUT2D eigenvalue weighted by molar-refractivity contribution is 0.0998. The summed E-state index contributed by atoms with van der Waals surface area (Å²) in [5.41, 5.74) is 2.46. The number of nitrogens with one attached hydrogen (secondary N) is 1. The second kappa shape index (κ2) is 8.39. The average Bonchev–Trinajstić information content (AvgIpc) is 2.96. The molecule has 2 N–H and O–H groups in total. The van der Waals surface area contributed by atoms with Gasteiger partial charge >= 0.3 is 0 Å². The summed E-state index contributed by atoms with van der Waals surface area (Å²) >= 11 is 0. The highest BCUT2D eigenvalue weighted by Gasteiger charge is 2.24. The highest BCUT2D eigenvalue weighted by Crippen LogP contribution is 2.36. The first-order valence-electron chi connectivity index (χ1n) is 9.52. The van der Waals surface area contributed by atoms with Crippen molar-refractivity contribution in [3.63, 3.8) is 0 Å². The predicted octanol–water partition coefficient (Wildman–Crippen LogP) is 2.20. The minimum Gasteiger partial charge on any atom is -0.497 e. The van der Waals surface area contributed by atoms with Gasteiger partial charge < -0.3 is 24.8 Å². The number of ether oxygens (including phenoxy) is 2. The minimum atomic E-state index is -0.229. The van der Waals surface area contributed by atoms with Crippen LogP contribution in [-0.4, -0.2) is 55.5 Å². The third kappa shape index (κ3) is 4.87. The number of likely N-dealkylation sites (tertiary alicyclic amines) is 1. The van der Waals surface area contributed by atoms with Crippen LogP contribution in [0.5, 0.6) is 11.5 Å². The van der Waals surface area contributed by atoms with Crippen molar-refractivity contribution < 1.29 is 14.6 Å². The molecular formula is C20H32N2O3. The molecule has 2 aliphatic rings. The number of methoxy groups -OCH3 is 1. The van der Waals surface area contributed by atoms with Crippen LogP contribution in [0.2, 0.25) is 0 Å². The third-order valence-corrected chi connectivity index (χ3v) is 5.26. The first-order chi connectivity index (χ1) is 12.0. The molecule has 5 nitrogen and oxygen atoms in total. The molecule has 1 aromatic carbocycles. The minimum absolute atomic E-state index is 0.229. The van der Waals surface area contributed by atoms with Crippen LogP contribution in [-0.2, 0) is 13.0 Å². The molecule has 0 radical (unpaired) electrons. The Balaban J connectivity index is 1.49. The largest absolute Gasteiger partial charge is 0.497 e. The molecule has 2 heterocycles. The first-order valence-corrected chi connectivity index (χ1v) is 9.52. The molecule has 0 saturated carbocycles. The van der Waals surface area contributed by atoms with Crippen LogP contribution in [0.25, 0.3) is 0 Å². The van der Waals surface area contributed by atoms with Crippen LogP contribution in [0, 0.1) is 5.92 Å². The zero-order chi connectivity index (χ0) is 17.8. The Hall–Kier alpha value is -1.30. The van der Waals surface area contributed by atoms with E-state index in [0.717, 1.165) is 50.6 Å². The van der Waals surface area contributed by atoms with E-state index in [1.54, 1.807) is 7.11 Å². The summed E-state index contributed by atoms with van der Waals surface area (Å²) in [7, 11) is 1.72. The maximum atomic E-state index is 9.50. The van der Waals surface area contributed by atoms with Gasteiger partial charge in [0.25, 0.3) is 0 Å². The van der Waals surface area contributed by atoms with Crippen LogP contribution in [0.15, 0.2) is 12.1 Å². The van der Waals surface area contributed by atoms with E-state index < -0.39 is 0 Å². The highest BCUT2D eigenvalue weighted by molar-refractivity contribution is 5.49. The van der Waals surface area contributed by atoms with Gasteiger partial charge in [0.05, 0.1) is 13.2 Å². The molecule has 1 fully saturated rings. The number of β-amino-alcohol motifs (C(OH)–C–C–N with tert-alkyl or cyclic N) is 1. The van der Waals surface area contributed by atoms with Gasteiger partial charge in [-0.15, -0.1) is 0 Å². The Kier molecular flexibility index (Phi) is 6.20. The van der Waals surface area contributed by atoms with E-state index in [0.29, 0.717) is 5.92 Å². The van der Waals surface area contributed by atoms with E-state index in [2.05, 4.69) is 29.3 Å². The van der Waals surface area contributed by atoms with Crippen LogP contribution in [0.4, 0.5) is 0 Å². The lowest BCUT2D eigenvalue weighted by Gasteiger charge is -2.32. The summed E-state index contributed by atoms with van der Waals surface area (Å²) in [6.07, 6.45) is 3.38. The average molecular weight is 348 g/mol. The van der Waals surface area contributed by atoms with Crippen molar-refractivity contribution in [2.75, 3.05) is 33.3 Å². The van der Waals surface area contributed by atoms with Crippen molar-refractivity contribution in [1.82, 2.24) is 10.2 Å². The van der Waals surface area contributed by atoms with Gasteiger partial charge in [-0.1, -0.05) is 0 Å². The topological polar surface area (TPSA) is 54.0 Å². The Morgan fingerprint density at radius 1 is 1.36 bits per heavy atom. The fourth-order valence-electron chi connectivity index (χ4n) is 3.98. The lowest BCUT2D eigenvalue weighted by Crippen LogP contribution is -2.40. The summed E-state index contributed by atoms with van der Waals surface area (Å²) < 4.78 is 11.5. The molecule has 5 heteroatoms. The second-order valence-electron chi connectivity index (χ2n) is 7.63. The molecule has 0 aromatic heterocycles. The van der Waals surface area contributed by atoms with Crippen molar-refractivity contribution in [3.05, 3.63) is 23.3 Å². The molecule has 2 unspecified atom stereocenters. The van der Waals surface area contributed by atoms with Crippen molar-refractivity contribution >= 4 is 0 Å². The molecule has 2 atom stereocenters. The monoisotopic (exact) mass is 348 g/mol. The number of aliphatic hydroxyl groups excluding tert-OH is 1. The molecule has 1 saturated heterocycles. The number of piperidine rings is 1. The molecule has 0 aliphatic carbocycles. The van der Waals surface area contributed by atoms with E-state index in [1.807, 2.05) is 6.92 Å². The van der Waals surface area contributed by atoms with Gasteiger partial charge in [0, 0.05) is 30.6 Å². The zero-order valence-electron chi connectivity index (χ0n) is 15.8. The van der Waals surface area contributed by atoms with E-state index in [9.17, 15) is 5.11 Å². The molecule has 0 bridgehead atoms. The van der Waals surface area contributed by atoms with E-state index >= 15 is 0 Å². The summed E-state index contributed by atoms with van der Waals surface area (Å²) in [5.74, 6) is 2.68. The van der Waals surface area contributed by atoms with Gasteiger partial charge in [-0.25, -0.2) is 0 Å². The van der Waals surface area contributed by atoms with Gasteiger partial charge in [-0.05, 0) is 64.4 Å². The maximum absolute atomic E-state index is 9.50. The molecule has 140 valence electrons. The smallest absolute Gasteiger partial charge is 0.127 e. The van der Waals surface area contributed by atoms with E-state index in [4.69, 9.17) is 9.47 Å². The SMILES string of the molecule is COc1cc(CNCC2CCN(CC(C)O)CC2)c2c(c1)CC(C)O2. The van der Waals surface area contributed by atoms with Gasteiger partial charge in [-0.2, -0.15) is 0 Å². The second-order valence-corrected chi connectivity index (χ2v) is 7.63. The maximum Gasteiger partial charge on any atom is 0.127 e. The Morgan fingerprint density at radius 2 is 2.12 bits per heavy atom. The van der Waals surface area contributed by atoms with E-state index in [1.165, 1.54) is 24.0 Å². The summed E-state index contributed by atoms with van der Waals surface area (Å²) in [4.78, 5) is 2.37. The normalized spacial score (nSPS) is 22.5. The van der Waals surface area contributed by atoms with Crippen LogP contribution in [0.1, 0.15) is 37.8 Å². The van der Waals surface area contributed by atoms with Crippen molar-refractivity contribution in [2.24, 2.45) is 5.92 Å². The van der Waals surface area contributed by atoms with Crippen molar-refractivity contribution in [1.29, 1.82) is 0 Å². The fraction of sp³-hybridized carbons (Fsp3) is 0.700. The number of fused-ring (bicyclic) bond motifs is 1.